The number of benzene rings is 1. The molecule has 0 saturated heterocycles. The molecule has 0 aromatic heterocycles. The van der Waals surface area contributed by atoms with Crippen molar-refractivity contribution < 1.29 is 4.39 Å². The van der Waals surface area contributed by atoms with Crippen LogP contribution in [0, 0.1) is 17.1 Å². The van der Waals surface area contributed by atoms with Crippen molar-refractivity contribution in [3.63, 3.8) is 0 Å². The van der Waals surface area contributed by atoms with Crippen molar-refractivity contribution >= 4 is 17.4 Å². The van der Waals surface area contributed by atoms with E-state index in [0.29, 0.717) is 12.1 Å². The Morgan fingerprint density at radius 2 is 2.29 bits per heavy atom. The molecule has 1 rings (SSSR count). The highest BCUT2D eigenvalue weighted by molar-refractivity contribution is 7.99. The highest BCUT2D eigenvalue weighted by Gasteiger charge is 2.00. The van der Waals surface area contributed by atoms with Gasteiger partial charge in [-0.3, -0.25) is 0 Å². The molecule has 4 heteroatoms. The van der Waals surface area contributed by atoms with Gasteiger partial charge in [0, 0.05) is 17.0 Å². The molecule has 0 saturated carbocycles. The van der Waals surface area contributed by atoms with E-state index in [2.05, 4.69) is 6.07 Å². The molecule has 2 nitrogen and oxygen atoms in total. The number of nitrogens with zero attached hydrogens (tertiary/aromatic N) is 1. The minimum absolute atomic E-state index is 0.316. The van der Waals surface area contributed by atoms with Crippen LogP contribution in [0.25, 0.3) is 0 Å². The summed E-state index contributed by atoms with van der Waals surface area (Å²) in [6.45, 7) is 0. The van der Waals surface area contributed by atoms with Gasteiger partial charge in [0.15, 0.2) is 0 Å². The Morgan fingerprint density at radius 1 is 1.50 bits per heavy atom. The van der Waals surface area contributed by atoms with E-state index in [1.54, 1.807) is 17.8 Å². The van der Waals surface area contributed by atoms with Gasteiger partial charge in [0.1, 0.15) is 5.82 Å². The molecule has 1 aromatic rings. The molecule has 0 amide bonds. The lowest BCUT2D eigenvalue weighted by Crippen LogP contribution is -1.90. The molecule has 0 fully saturated rings. The summed E-state index contributed by atoms with van der Waals surface area (Å²) in [7, 11) is 0. The maximum atomic E-state index is 12.7. The van der Waals surface area contributed by atoms with E-state index < -0.39 is 0 Å². The summed E-state index contributed by atoms with van der Waals surface area (Å²) < 4.78 is 12.7. The maximum Gasteiger partial charge on any atom is 0.125 e. The van der Waals surface area contributed by atoms with Crippen molar-refractivity contribution in [1.29, 1.82) is 5.26 Å². The summed E-state index contributed by atoms with van der Waals surface area (Å²) >= 11 is 1.55. The molecule has 0 atom stereocenters. The van der Waals surface area contributed by atoms with Crippen LogP contribution in [0.4, 0.5) is 10.1 Å². The predicted octanol–water partition coefficient (Wildman–Crippen LogP) is 2.80. The molecule has 2 N–H and O–H groups in total. The molecule has 0 spiro atoms. The average molecular weight is 210 g/mol. The second-order valence-corrected chi connectivity index (χ2v) is 3.93. The van der Waals surface area contributed by atoms with Crippen molar-refractivity contribution in [3.05, 3.63) is 24.0 Å². The molecule has 14 heavy (non-hydrogen) atoms. The van der Waals surface area contributed by atoms with E-state index in [4.69, 9.17) is 11.0 Å². The summed E-state index contributed by atoms with van der Waals surface area (Å²) in [4.78, 5) is 0.879. The smallest absolute Gasteiger partial charge is 0.125 e. The van der Waals surface area contributed by atoms with E-state index in [9.17, 15) is 4.39 Å². The second-order valence-electron chi connectivity index (χ2n) is 2.79. The van der Waals surface area contributed by atoms with Crippen molar-refractivity contribution in [1.82, 2.24) is 0 Å². The Balaban J connectivity index is 2.47. The first-order valence-corrected chi connectivity index (χ1v) is 5.27. The molecule has 0 aliphatic heterocycles. The van der Waals surface area contributed by atoms with Gasteiger partial charge in [-0.15, -0.1) is 11.8 Å². The lowest BCUT2D eigenvalue weighted by atomic mass is 10.3. The zero-order valence-corrected chi connectivity index (χ0v) is 8.48. The van der Waals surface area contributed by atoms with Crippen molar-refractivity contribution in [2.45, 2.75) is 17.7 Å². The van der Waals surface area contributed by atoms with Crippen molar-refractivity contribution in [3.8, 4) is 6.07 Å². The van der Waals surface area contributed by atoms with E-state index in [-0.39, 0.29) is 5.82 Å². The van der Waals surface area contributed by atoms with Crippen LogP contribution in [0.3, 0.4) is 0 Å². The third-order valence-electron chi connectivity index (χ3n) is 1.66. The number of nitrogen functional groups attached to an aromatic ring is 1. The van der Waals surface area contributed by atoms with Gasteiger partial charge in [-0.2, -0.15) is 5.26 Å². The van der Waals surface area contributed by atoms with E-state index in [0.717, 1.165) is 17.1 Å². The number of hydrogen-bond acceptors (Lipinski definition) is 3. The Kier molecular flexibility index (Phi) is 4.27. The average Bonchev–Trinajstić information content (AvgIpc) is 2.15. The zero-order chi connectivity index (χ0) is 10.4. The molecular weight excluding hydrogens is 199 g/mol. The monoisotopic (exact) mass is 210 g/mol. The fourth-order valence-electron chi connectivity index (χ4n) is 0.984. The van der Waals surface area contributed by atoms with E-state index >= 15 is 0 Å². The number of halogens is 1. The highest BCUT2D eigenvalue weighted by Crippen LogP contribution is 2.26. The van der Waals surface area contributed by atoms with Gasteiger partial charge in [-0.05, 0) is 30.4 Å². The SMILES string of the molecule is N#CCCCSc1ccc(F)cc1N. The fourth-order valence-corrected chi connectivity index (χ4v) is 1.88. The number of anilines is 1. The predicted molar refractivity (Wildman–Crippen MR) is 56.4 cm³/mol. The Hall–Kier alpha value is -1.21. The molecule has 0 bridgehead atoms. The minimum Gasteiger partial charge on any atom is -0.398 e. The standard InChI is InChI=1S/C10H11FN2S/c11-8-3-4-10(9(13)7-8)14-6-2-1-5-12/h3-4,7H,1-2,6,13H2. The van der Waals surface area contributed by atoms with Crippen LogP contribution in [0.2, 0.25) is 0 Å². The van der Waals surface area contributed by atoms with Crippen LogP contribution in [-0.2, 0) is 0 Å². The second kappa shape index (κ2) is 5.51. The summed E-state index contributed by atoms with van der Waals surface area (Å²) in [6, 6.07) is 6.45. The third kappa shape index (κ3) is 3.27. The third-order valence-corrected chi connectivity index (χ3v) is 2.84. The fraction of sp³-hybridized carbons (Fsp3) is 0.300. The number of nitriles is 1. The first kappa shape index (κ1) is 10.9. The van der Waals surface area contributed by atoms with Gasteiger partial charge in [0.05, 0.1) is 6.07 Å². The van der Waals surface area contributed by atoms with Gasteiger partial charge < -0.3 is 5.73 Å². The first-order valence-electron chi connectivity index (χ1n) is 4.29. The quantitative estimate of drug-likeness (QED) is 0.472. The summed E-state index contributed by atoms with van der Waals surface area (Å²) in [5.74, 6) is 0.521. The van der Waals surface area contributed by atoms with Crippen LogP contribution < -0.4 is 5.73 Å². The molecule has 0 aliphatic carbocycles. The number of rotatable bonds is 4. The Morgan fingerprint density at radius 3 is 2.93 bits per heavy atom. The molecule has 1 aromatic carbocycles. The first-order chi connectivity index (χ1) is 6.74. The molecule has 0 radical (unpaired) electrons. The van der Waals surface area contributed by atoms with Crippen LogP contribution in [0.1, 0.15) is 12.8 Å². The summed E-state index contributed by atoms with van der Waals surface area (Å²) in [6.07, 6.45) is 1.38. The van der Waals surface area contributed by atoms with Crippen LogP contribution in [-0.4, -0.2) is 5.75 Å². The molecule has 0 heterocycles. The number of thioether (sulfide) groups is 1. The number of hydrogen-bond donors (Lipinski definition) is 1. The largest absolute Gasteiger partial charge is 0.398 e. The number of nitrogens with two attached hydrogens (primary N) is 1. The van der Waals surface area contributed by atoms with Gasteiger partial charge in [0.25, 0.3) is 0 Å². The Bertz CT molecular complexity index is 346. The summed E-state index contributed by atoms with van der Waals surface area (Å²) in [5.41, 5.74) is 6.08. The summed E-state index contributed by atoms with van der Waals surface area (Å²) in [5, 5.41) is 8.32. The lowest BCUT2D eigenvalue weighted by molar-refractivity contribution is 0.627. The van der Waals surface area contributed by atoms with Crippen LogP contribution >= 0.6 is 11.8 Å². The van der Waals surface area contributed by atoms with Crippen molar-refractivity contribution in [2.24, 2.45) is 0 Å². The van der Waals surface area contributed by atoms with Gasteiger partial charge in [0.2, 0.25) is 0 Å². The molecule has 0 unspecified atom stereocenters. The topological polar surface area (TPSA) is 49.8 Å². The minimum atomic E-state index is -0.316. The zero-order valence-electron chi connectivity index (χ0n) is 7.66. The highest BCUT2D eigenvalue weighted by atomic mass is 32.2. The van der Waals surface area contributed by atoms with Gasteiger partial charge in [-0.25, -0.2) is 4.39 Å². The van der Waals surface area contributed by atoms with E-state index in [1.807, 2.05) is 0 Å². The number of unbranched alkanes of at least 4 members (excludes halogenated alkanes) is 1. The van der Waals surface area contributed by atoms with E-state index in [1.165, 1.54) is 12.1 Å². The maximum absolute atomic E-state index is 12.7. The van der Waals surface area contributed by atoms with Gasteiger partial charge >= 0.3 is 0 Å². The van der Waals surface area contributed by atoms with Crippen LogP contribution in [0.15, 0.2) is 23.1 Å². The van der Waals surface area contributed by atoms with Gasteiger partial charge in [-0.1, -0.05) is 0 Å². The molecule has 74 valence electrons. The lowest BCUT2D eigenvalue weighted by Gasteiger charge is -2.03. The molecular formula is C10H11FN2S. The Labute approximate surface area is 86.9 Å². The van der Waals surface area contributed by atoms with Crippen LogP contribution in [0.5, 0.6) is 0 Å². The van der Waals surface area contributed by atoms with Crippen molar-refractivity contribution in [2.75, 3.05) is 11.5 Å². The molecule has 0 aliphatic rings. The normalized spacial score (nSPS) is 9.71.